The monoisotopic (exact) mass is 294 g/mol. The van der Waals surface area contributed by atoms with E-state index in [0.717, 1.165) is 24.2 Å². The van der Waals surface area contributed by atoms with Gasteiger partial charge in [-0.25, -0.2) is 0 Å². The molecule has 4 rings (SSSR count). The summed E-state index contributed by atoms with van der Waals surface area (Å²) in [6.45, 7) is 3.16. The molecule has 0 spiro atoms. The number of nitrogens with two attached hydrogens (primary N) is 1. The summed E-state index contributed by atoms with van der Waals surface area (Å²) in [7, 11) is 0. The second-order valence-electron chi connectivity index (χ2n) is 7.47. The van der Waals surface area contributed by atoms with Gasteiger partial charge in [-0.3, -0.25) is 4.79 Å². The van der Waals surface area contributed by atoms with Crippen molar-refractivity contribution in [2.45, 2.75) is 51.9 Å². The average molecular weight is 294 g/mol. The van der Waals surface area contributed by atoms with Gasteiger partial charge in [-0.2, -0.15) is 0 Å². The molecule has 0 aromatic rings. The number of carbonyl (C=O) groups is 1. The van der Waals surface area contributed by atoms with E-state index in [1.807, 2.05) is 11.8 Å². The Kier molecular flexibility index (Phi) is 3.78. The predicted molar refractivity (Wildman–Crippen MR) is 84.3 cm³/mol. The van der Waals surface area contributed by atoms with Gasteiger partial charge in [0.25, 0.3) is 0 Å². The van der Waals surface area contributed by atoms with Crippen molar-refractivity contribution in [1.29, 1.82) is 0 Å². The van der Waals surface area contributed by atoms with E-state index >= 15 is 0 Å². The molecular weight excluding hydrogens is 268 g/mol. The van der Waals surface area contributed by atoms with Gasteiger partial charge in [0.2, 0.25) is 5.91 Å². The number of thiocarbonyl (C=S) groups is 1. The molecule has 0 radical (unpaired) electrons. The Labute approximate surface area is 127 Å². The van der Waals surface area contributed by atoms with Gasteiger partial charge >= 0.3 is 0 Å². The van der Waals surface area contributed by atoms with E-state index < -0.39 is 0 Å². The highest BCUT2D eigenvalue weighted by Crippen LogP contribution is 2.61. The smallest absolute Gasteiger partial charge is 0.223 e. The number of carbonyl (C=O) groups excluding carboxylic acids is 1. The molecule has 0 unspecified atom stereocenters. The molecule has 4 aliphatic carbocycles. The Hall–Kier alpha value is -0.640. The first-order chi connectivity index (χ1) is 9.49. The molecule has 2 N–H and O–H groups in total. The summed E-state index contributed by atoms with van der Waals surface area (Å²) in [6.07, 6.45) is 8.88. The molecule has 4 bridgehead atoms. The minimum Gasteiger partial charge on any atom is -0.392 e. The normalized spacial score (nSPS) is 38.0. The van der Waals surface area contributed by atoms with Crippen LogP contribution in [0, 0.1) is 23.2 Å². The lowest BCUT2D eigenvalue weighted by atomic mass is 9.49. The molecule has 0 heterocycles. The molecule has 4 aliphatic rings. The number of nitrogens with zero attached hydrogens (tertiary/aromatic N) is 1. The number of rotatable bonds is 5. The molecule has 0 aromatic heterocycles. The van der Waals surface area contributed by atoms with Crippen LogP contribution in [0.25, 0.3) is 0 Å². The van der Waals surface area contributed by atoms with E-state index in [1.165, 1.54) is 38.5 Å². The Bertz CT molecular complexity index is 385. The van der Waals surface area contributed by atoms with Crippen molar-refractivity contribution in [2.75, 3.05) is 13.1 Å². The summed E-state index contributed by atoms with van der Waals surface area (Å²) in [5, 5.41) is 0. The summed E-state index contributed by atoms with van der Waals surface area (Å²) in [6, 6.07) is 0. The Balaban J connectivity index is 1.67. The second-order valence-corrected chi connectivity index (χ2v) is 7.99. The lowest BCUT2D eigenvalue weighted by Gasteiger charge is -2.57. The van der Waals surface area contributed by atoms with E-state index in [4.69, 9.17) is 18.0 Å². The van der Waals surface area contributed by atoms with Crippen molar-refractivity contribution in [3.8, 4) is 0 Å². The summed E-state index contributed by atoms with van der Waals surface area (Å²) in [5.41, 5.74) is 5.92. The molecule has 4 saturated carbocycles. The largest absolute Gasteiger partial charge is 0.392 e. The van der Waals surface area contributed by atoms with Crippen LogP contribution in [0.1, 0.15) is 51.9 Å². The van der Waals surface area contributed by atoms with Crippen molar-refractivity contribution >= 4 is 23.1 Å². The van der Waals surface area contributed by atoms with Gasteiger partial charge in [0.1, 0.15) is 0 Å². The third-order valence-electron chi connectivity index (χ3n) is 5.77. The van der Waals surface area contributed by atoms with E-state index in [-0.39, 0.29) is 5.91 Å². The van der Waals surface area contributed by atoms with Crippen LogP contribution in [-0.4, -0.2) is 28.9 Å². The maximum absolute atomic E-state index is 12.6. The highest BCUT2D eigenvalue weighted by molar-refractivity contribution is 7.80. The van der Waals surface area contributed by atoms with Crippen LogP contribution < -0.4 is 5.73 Å². The SMILES string of the molecule is CCN(CC(N)=S)C(=O)CC12CC3CC(CC(C3)C1)C2. The van der Waals surface area contributed by atoms with E-state index in [0.29, 0.717) is 23.5 Å². The molecule has 112 valence electrons. The van der Waals surface area contributed by atoms with E-state index in [1.54, 1.807) is 0 Å². The number of amides is 1. The van der Waals surface area contributed by atoms with Crippen LogP contribution in [0.2, 0.25) is 0 Å². The molecule has 0 saturated heterocycles. The minimum absolute atomic E-state index is 0.266. The lowest BCUT2D eigenvalue weighted by Crippen LogP contribution is -2.49. The third kappa shape index (κ3) is 2.72. The Morgan fingerprint density at radius 1 is 1.20 bits per heavy atom. The quantitative estimate of drug-likeness (QED) is 0.793. The molecule has 4 fully saturated rings. The van der Waals surface area contributed by atoms with E-state index in [9.17, 15) is 4.79 Å². The molecule has 0 aliphatic heterocycles. The zero-order valence-electron chi connectivity index (χ0n) is 12.4. The average Bonchev–Trinajstić information content (AvgIpc) is 2.33. The highest BCUT2D eigenvalue weighted by Gasteiger charge is 2.51. The van der Waals surface area contributed by atoms with Crippen molar-refractivity contribution in [3.63, 3.8) is 0 Å². The fourth-order valence-electron chi connectivity index (χ4n) is 5.50. The van der Waals surface area contributed by atoms with Crippen molar-refractivity contribution in [3.05, 3.63) is 0 Å². The van der Waals surface area contributed by atoms with Gasteiger partial charge in [0.05, 0.1) is 11.5 Å². The van der Waals surface area contributed by atoms with Gasteiger partial charge < -0.3 is 10.6 Å². The third-order valence-corrected chi connectivity index (χ3v) is 5.90. The molecule has 3 nitrogen and oxygen atoms in total. The highest BCUT2D eigenvalue weighted by atomic mass is 32.1. The second kappa shape index (κ2) is 5.28. The fourth-order valence-corrected chi connectivity index (χ4v) is 5.66. The lowest BCUT2D eigenvalue weighted by molar-refractivity contribution is -0.138. The topological polar surface area (TPSA) is 46.3 Å². The zero-order valence-corrected chi connectivity index (χ0v) is 13.3. The Morgan fingerprint density at radius 3 is 2.10 bits per heavy atom. The van der Waals surface area contributed by atoms with Gasteiger partial charge in [-0.05, 0) is 68.6 Å². The molecular formula is C16H26N2OS. The molecule has 1 amide bonds. The molecule has 0 atom stereocenters. The number of hydrogen-bond acceptors (Lipinski definition) is 2. The van der Waals surface area contributed by atoms with E-state index in [2.05, 4.69) is 0 Å². The number of hydrogen-bond donors (Lipinski definition) is 1. The molecule has 20 heavy (non-hydrogen) atoms. The van der Waals surface area contributed by atoms with Crippen molar-refractivity contribution < 1.29 is 4.79 Å². The summed E-state index contributed by atoms with van der Waals surface area (Å²) in [4.78, 5) is 14.9. The standard InChI is InChI=1S/C16H26N2OS/c1-2-18(10-14(17)20)15(19)9-16-6-11-3-12(7-16)5-13(4-11)8-16/h11-13H,2-10H2,1H3,(H2,17,20). The van der Waals surface area contributed by atoms with Crippen LogP contribution >= 0.6 is 12.2 Å². The molecule has 0 aromatic carbocycles. The first-order valence-electron chi connectivity index (χ1n) is 8.06. The summed E-state index contributed by atoms with van der Waals surface area (Å²) < 4.78 is 0. The number of likely N-dealkylation sites (N-methyl/N-ethyl adjacent to an activating group) is 1. The van der Waals surface area contributed by atoms with Crippen LogP contribution in [-0.2, 0) is 4.79 Å². The van der Waals surface area contributed by atoms with Gasteiger partial charge in [-0.15, -0.1) is 0 Å². The van der Waals surface area contributed by atoms with Crippen LogP contribution in [0.5, 0.6) is 0 Å². The van der Waals surface area contributed by atoms with Crippen LogP contribution in [0.4, 0.5) is 0 Å². The molecule has 4 heteroatoms. The van der Waals surface area contributed by atoms with Crippen molar-refractivity contribution in [1.82, 2.24) is 4.90 Å². The van der Waals surface area contributed by atoms with Gasteiger partial charge in [0, 0.05) is 13.0 Å². The maximum Gasteiger partial charge on any atom is 0.223 e. The van der Waals surface area contributed by atoms with Crippen LogP contribution in [0.3, 0.4) is 0 Å². The first kappa shape index (κ1) is 14.3. The van der Waals surface area contributed by atoms with Gasteiger partial charge in [-0.1, -0.05) is 12.2 Å². The predicted octanol–water partition coefficient (Wildman–Crippen LogP) is 2.73. The Morgan fingerprint density at radius 2 is 1.70 bits per heavy atom. The summed E-state index contributed by atoms with van der Waals surface area (Å²) in [5.74, 6) is 2.97. The minimum atomic E-state index is 0.266. The first-order valence-corrected chi connectivity index (χ1v) is 8.46. The summed E-state index contributed by atoms with van der Waals surface area (Å²) >= 11 is 4.96. The maximum atomic E-state index is 12.6. The van der Waals surface area contributed by atoms with Crippen LogP contribution in [0.15, 0.2) is 0 Å². The fraction of sp³-hybridized carbons (Fsp3) is 0.875. The van der Waals surface area contributed by atoms with Gasteiger partial charge in [0.15, 0.2) is 0 Å². The zero-order chi connectivity index (χ0) is 14.3. The van der Waals surface area contributed by atoms with Crippen molar-refractivity contribution in [2.24, 2.45) is 28.9 Å².